The number of urea groups is 1. The molecule has 26 heavy (non-hydrogen) atoms. The maximum Gasteiger partial charge on any atom is 0.315 e. The second-order valence-electron chi connectivity index (χ2n) is 6.07. The van der Waals surface area contributed by atoms with Crippen molar-refractivity contribution in [2.75, 3.05) is 12.3 Å². The number of hydrogen-bond acceptors (Lipinski definition) is 4. The van der Waals surface area contributed by atoms with Crippen molar-refractivity contribution in [3.8, 4) is 0 Å². The summed E-state index contributed by atoms with van der Waals surface area (Å²) in [6.07, 6.45) is 0. The van der Waals surface area contributed by atoms with Crippen LogP contribution >= 0.6 is 23.1 Å². The molecule has 0 saturated carbocycles. The van der Waals surface area contributed by atoms with E-state index in [1.165, 1.54) is 4.88 Å². The van der Waals surface area contributed by atoms with Gasteiger partial charge in [0.15, 0.2) is 0 Å². The number of benzene rings is 1. The summed E-state index contributed by atoms with van der Waals surface area (Å²) in [6.45, 7) is 4.90. The number of hydrogen-bond donors (Lipinski definition) is 3. The van der Waals surface area contributed by atoms with Crippen LogP contribution in [0.25, 0.3) is 0 Å². The van der Waals surface area contributed by atoms with E-state index in [4.69, 9.17) is 0 Å². The van der Waals surface area contributed by atoms with Crippen molar-refractivity contribution in [2.24, 2.45) is 0 Å². The van der Waals surface area contributed by atoms with Gasteiger partial charge in [-0.05, 0) is 43.0 Å². The molecule has 0 spiro atoms. The third-order valence-corrected chi connectivity index (χ3v) is 5.51. The average molecular weight is 392 g/mol. The lowest BCUT2D eigenvalue weighted by Gasteiger charge is -2.10. The fourth-order valence-electron chi connectivity index (χ4n) is 2.18. The van der Waals surface area contributed by atoms with Gasteiger partial charge in [-0.25, -0.2) is 4.79 Å². The smallest absolute Gasteiger partial charge is 0.315 e. The molecule has 1 aromatic heterocycles. The normalized spacial score (nSPS) is 10.6. The molecule has 1 aromatic carbocycles. The summed E-state index contributed by atoms with van der Waals surface area (Å²) < 4.78 is 0. The number of carbonyl (C=O) groups excluding carboxylic acids is 2. The number of nitrogens with one attached hydrogen (secondary N) is 3. The largest absolute Gasteiger partial charge is 0.351 e. The minimum Gasteiger partial charge on any atom is -0.351 e. The molecule has 0 radical (unpaired) electrons. The van der Waals surface area contributed by atoms with Crippen molar-refractivity contribution < 1.29 is 9.59 Å². The highest BCUT2D eigenvalue weighted by molar-refractivity contribution is 7.98. The van der Waals surface area contributed by atoms with E-state index >= 15 is 0 Å². The van der Waals surface area contributed by atoms with Gasteiger partial charge in [-0.3, -0.25) is 4.79 Å². The van der Waals surface area contributed by atoms with Crippen LogP contribution in [0.3, 0.4) is 0 Å². The van der Waals surface area contributed by atoms with E-state index < -0.39 is 0 Å². The summed E-state index contributed by atoms with van der Waals surface area (Å²) >= 11 is 3.57. The van der Waals surface area contributed by atoms with E-state index in [-0.39, 0.29) is 18.0 Å². The topological polar surface area (TPSA) is 70.2 Å². The predicted octanol–water partition coefficient (Wildman–Crippen LogP) is 3.62. The standard InChI is InChI=1S/C19H25N3O2S2/c1-14(2)22-19(24)21-12-15-5-7-16(8-6-15)18(23)20-9-11-25-13-17-4-3-10-26-17/h3-8,10,14H,9,11-13H2,1-2H3,(H,20,23)(H2,21,22,24). The molecule has 0 aliphatic rings. The van der Waals surface area contributed by atoms with Gasteiger partial charge in [0.05, 0.1) is 0 Å². The van der Waals surface area contributed by atoms with Crippen LogP contribution in [0, 0.1) is 0 Å². The van der Waals surface area contributed by atoms with Gasteiger partial charge in [0.25, 0.3) is 5.91 Å². The molecular weight excluding hydrogens is 366 g/mol. The van der Waals surface area contributed by atoms with E-state index in [9.17, 15) is 9.59 Å². The highest BCUT2D eigenvalue weighted by atomic mass is 32.2. The van der Waals surface area contributed by atoms with Crippen molar-refractivity contribution in [2.45, 2.75) is 32.2 Å². The summed E-state index contributed by atoms with van der Waals surface area (Å²) in [5.74, 6) is 1.80. The maximum absolute atomic E-state index is 12.1. The Hall–Kier alpha value is -1.99. The zero-order chi connectivity index (χ0) is 18.8. The zero-order valence-corrected chi connectivity index (χ0v) is 16.7. The average Bonchev–Trinajstić information content (AvgIpc) is 3.13. The van der Waals surface area contributed by atoms with Gasteiger partial charge in [-0.1, -0.05) is 18.2 Å². The summed E-state index contributed by atoms with van der Waals surface area (Å²) in [5, 5.41) is 10.6. The highest BCUT2D eigenvalue weighted by Crippen LogP contribution is 2.16. The minimum atomic E-state index is -0.193. The molecular formula is C19H25N3O2S2. The molecule has 3 N–H and O–H groups in total. The third-order valence-electron chi connectivity index (χ3n) is 3.45. The van der Waals surface area contributed by atoms with Crippen LogP contribution < -0.4 is 16.0 Å². The SMILES string of the molecule is CC(C)NC(=O)NCc1ccc(C(=O)NCCSCc2cccs2)cc1. The van der Waals surface area contributed by atoms with Gasteiger partial charge >= 0.3 is 6.03 Å². The first-order chi connectivity index (χ1) is 12.5. The van der Waals surface area contributed by atoms with Crippen LogP contribution in [0.2, 0.25) is 0 Å². The molecule has 1 heterocycles. The molecule has 0 aliphatic carbocycles. The first-order valence-corrected chi connectivity index (χ1v) is 10.6. The van der Waals surface area contributed by atoms with Crippen molar-refractivity contribution in [1.29, 1.82) is 0 Å². The Bertz CT molecular complexity index is 685. The Morgan fingerprint density at radius 2 is 1.88 bits per heavy atom. The molecule has 5 nitrogen and oxygen atoms in total. The van der Waals surface area contributed by atoms with Gasteiger partial charge in [-0.15, -0.1) is 11.3 Å². The fraction of sp³-hybridized carbons (Fsp3) is 0.368. The fourth-order valence-corrected chi connectivity index (χ4v) is 3.88. The van der Waals surface area contributed by atoms with E-state index in [1.54, 1.807) is 23.5 Å². The van der Waals surface area contributed by atoms with Crippen molar-refractivity contribution in [1.82, 2.24) is 16.0 Å². The van der Waals surface area contributed by atoms with E-state index in [2.05, 4.69) is 33.5 Å². The Balaban J connectivity index is 1.66. The summed E-state index contributed by atoms with van der Waals surface area (Å²) in [7, 11) is 0. The molecule has 7 heteroatoms. The van der Waals surface area contributed by atoms with Crippen molar-refractivity contribution in [3.63, 3.8) is 0 Å². The quantitative estimate of drug-likeness (QED) is 0.572. The van der Waals surface area contributed by atoms with E-state index in [1.807, 2.05) is 37.7 Å². The zero-order valence-electron chi connectivity index (χ0n) is 15.1. The van der Waals surface area contributed by atoms with Gasteiger partial charge in [-0.2, -0.15) is 11.8 Å². The molecule has 0 fully saturated rings. The van der Waals surface area contributed by atoms with Crippen LogP contribution in [-0.4, -0.2) is 30.3 Å². The summed E-state index contributed by atoms with van der Waals surface area (Å²) in [6, 6.07) is 11.4. The molecule has 2 rings (SSSR count). The molecule has 3 amide bonds. The molecule has 0 bridgehead atoms. The van der Waals surface area contributed by atoms with Crippen molar-refractivity contribution >= 4 is 35.0 Å². The third kappa shape index (κ3) is 7.49. The Morgan fingerprint density at radius 3 is 2.54 bits per heavy atom. The Morgan fingerprint density at radius 1 is 1.12 bits per heavy atom. The lowest BCUT2D eigenvalue weighted by Crippen LogP contribution is -2.39. The molecule has 140 valence electrons. The molecule has 0 saturated heterocycles. The van der Waals surface area contributed by atoms with E-state index in [0.29, 0.717) is 18.7 Å². The van der Waals surface area contributed by atoms with Gasteiger partial charge in [0, 0.05) is 41.1 Å². The molecule has 2 aromatic rings. The lowest BCUT2D eigenvalue weighted by molar-refractivity contribution is 0.0956. The van der Waals surface area contributed by atoms with Crippen molar-refractivity contribution in [3.05, 3.63) is 57.8 Å². The van der Waals surface area contributed by atoms with E-state index in [0.717, 1.165) is 17.1 Å². The van der Waals surface area contributed by atoms with Crippen LogP contribution in [-0.2, 0) is 12.3 Å². The number of thioether (sulfide) groups is 1. The molecule has 0 unspecified atom stereocenters. The summed E-state index contributed by atoms with van der Waals surface area (Å²) in [4.78, 5) is 25.1. The maximum atomic E-state index is 12.1. The van der Waals surface area contributed by atoms with Crippen LogP contribution in [0.1, 0.15) is 34.6 Å². The first-order valence-electron chi connectivity index (χ1n) is 8.56. The Labute approximate surface area is 163 Å². The van der Waals surface area contributed by atoms with Gasteiger partial charge in [0.2, 0.25) is 0 Å². The second-order valence-corrected chi connectivity index (χ2v) is 8.20. The highest BCUT2D eigenvalue weighted by Gasteiger charge is 2.06. The summed E-state index contributed by atoms with van der Waals surface area (Å²) in [5.41, 5.74) is 1.58. The number of amides is 3. The van der Waals surface area contributed by atoms with Crippen LogP contribution in [0.4, 0.5) is 4.79 Å². The number of rotatable bonds is 9. The van der Waals surface area contributed by atoms with Gasteiger partial charge in [0.1, 0.15) is 0 Å². The number of carbonyl (C=O) groups is 2. The van der Waals surface area contributed by atoms with Crippen LogP contribution in [0.5, 0.6) is 0 Å². The van der Waals surface area contributed by atoms with Gasteiger partial charge < -0.3 is 16.0 Å². The van der Waals surface area contributed by atoms with Crippen LogP contribution in [0.15, 0.2) is 41.8 Å². The Kier molecular flexibility index (Phi) is 8.50. The predicted molar refractivity (Wildman–Crippen MR) is 110 cm³/mol. The lowest BCUT2D eigenvalue weighted by atomic mass is 10.1. The number of thiophene rings is 1. The molecule has 0 atom stereocenters. The second kappa shape index (κ2) is 10.9. The monoisotopic (exact) mass is 391 g/mol. The first kappa shape index (κ1) is 20.3. The minimum absolute atomic E-state index is 0.0706. The molecule has 0 aliphatic heterocycles.